The molecule has 1 aliphatic rings. The van der Waals surface area contributed by atoms with Crippen LogP contribution in [0.15, 0.2) is 28.7 Å². The molecular weight excluding hydrogens is 214 g/mol. The van der Waals surface area contributed by atoms with Gasteiger partial charge in [-0.05, 0) is 23.8 Å². The minimum absolute atomic E-state index is 1.01. The molecule has 0 unspecified atom stereocenters. The number of hydrogen-bond acceptors (Lipinski definition) is 1. The van der Waals surface area contributed by atoms with Gasteiger partial charge in [-0.1, -0.05) is 28.1 Å². The normalized spacial score (nSPS) is 14.7. The summed E-state index contributed by atoms with van der Waals surface area (Å²) < 4.78 is 1.14. The topological polar surface area (TPSA) is 3.24 Å². The van der Waals surface area contributed by atoms with Crippen LogP contribution in [0.25, 0.3) is 6.08 Å². The first-order chi connectivity index (χ1) is 5.77. The predicted molar refractivity (Wildman–Crippen MR) is 56.4 cm³/mol. The highest BCUT2D eigenvalue weighted by Gasteiger charge is 2.07. The molecular formula is C10H10BrN. The maximum absolute atomic E-state index is 3.46. The number of rotatable bonds is 0. The molecule has 2 rings (SSSR count). The molecule has 62 valence electrons. The van der Waals surface area contributed by atoms with Gasteiger partial charge in [-0.15, -0.1) is 0 Å². The van der Waals surface area contributed by atoms with Crippen molar-refractivity contribution in [2.24, 2.45) is 0 Å². The number of anilines is 1. The van der Waals surface area contributed by atoms with Crippen LogP contribution >= 0.6 is 15.9 Å². The third kappa shape index (κ3) is 1.27. The summed E-state index contributed by atoms with van der Waals surface area (Å²) in [5.74, 6) is 0. The van der Waals surface area contributed by atoms with E-state index in [0.717, 1.165) is 11.0 Å². The lowest BCUT2D eigenvalue weighted by Gasteiger charge is -2.23. The van der Waals surface area contributed by atoms with Gasteiger partial charge in [0.25, 0.3) is 0 Å². The fourth-order valence-corrected chi connectivity index (χ4v) is 1.82. The van der Waals surface area contributed by atoms with Gasteiger partial charge in [0, 0.05) is 23.8 Å². The van der Waals surface area contributed by atoms with E-state index in [2.05, 4.69) is 58.2 Å². The quantitative estimate of drug-likeness (QED) is 0.654. The average Bonchev–Trinajstić information content (AvgIpc) is 2.04. The van der Waals surface area contributed by atoms with E-state index < -0.39 is 0 Å². The van der Waals surface area contributed by atoms with Crippen molar-refractivity contribution in [3.8, 4) is 0 Å². The van der Waals surface area contributed by atoms with Gasteiger partial charge in [0.1, 0.15) is 0 Å². The summed E-state index contributed by atoms with van der Waals surface area (Å²) >= 11 is 3.46. The number of nitrogens with zero attached hydrogens (tertiary/aromatic N) is 1. The molecule has 1 aromatic rings. The van der Waals surface area contributed by atoms with Crippen molar-refractivity contribution >= 4 is 27.7 Å². The van der Waals surface area contributed by atoms with Gasteiger partial charge >= 0.3 is 0 Å². The Bertz CT molecular complexity index is 331. The summed E-state index contributed by atoms with van der Waals surface area (Å²) in [6, 6.07) is 6.36. The Hall–Kier alpha value is -0.760. The van der Waals surface area contributed by atoms with Crippen molar-refractivity contribution in [2.75, 3.05) is 18.5 Å². The molecule has 0 N–H and O–H groups in total. The lowest BCUT2D eigenvalue weighted by atomic mass is 10.1. The maximum atomic E-state index is 3.46. The molecule has 0 aliphatic carbocycles. The van der Waals surface area contributed by atoms with Crippen molar-refractivity contribution in [3.63, 3.8) is 0 Å². The van der Waals surface area contributed by atoms with E-state index in [1.54, 1.807) is 0 Å². The minimum atomic E-state index is 1.01. The first kappa shape index (κ1) is 7.87. The van der Waals surface area contributed by atoms with Crippen LogP contribution in [0.1, 0.15) is 5.56 Å². The Morgan fingerprint density at radius 1 is 1.42 bits per heavy atom. The number of fused-ring (bicyclic) bond motifs is 1. The van der Waals surface area contributed by atoms with Crippen molar-refractivity contribution in [3.05, 3.63) is 34.3 Å². The second-order valence-corrected chi connectivity index (χ2v) is 3.90. The summed E-state index contributed by atoms with van der Waals surface area (Å²) in [7, 11) is 2.11. The molecule has 0 aromatic heterocycles. The third-order valence-electron chi connectivity index (χ3n) is 2.08. The van der Waals surface area contributed by atoms with Crippen LogP contribution in [0.3, 0.4) is 0 Å². The smallest absolute Gasteiger partial charge is 0.0440 e. The zero-order valence-electron chi connectivity index (χ0n) is 6.92. The van der Waals surface area contributed by atoms with Gasteiger partial charge in [0.05, 0.1) is 0 Å². The van der Waals surface area contributed by atoms with Crippen molar-refractivity contribution in [1.82, 2.24) is 0 Å². The van der Waals surface area contributed by atoms with Gasteiger partial charge in [0.15, 0.2) is 0 Å². The molecule has 0 spiro atoms. The molecule has 0 atom stereocenters. The van der Waals surface area contributed by atoms with Crippen molar-refractivity contribution < 1.29 is 0 Å². The molecule has 1 aromatic carbocycles. The fourth-order valence-electron chi connectivity index (χ4n) is 1.44. The SMILES string of the molecule is CN1CC=Cc2cc(Br)ccc21. The van der Waals surface area contributed by atoms with E-state index in [9.17, 15) is 0 Å². The minimum Gasteiger partial charge on any atom is -0.370 e. The van der Waals surface area contributed by atoms with Gasteiger partial charge in [-0.2, -0.15) is 0 Å². The molecule has 1 heterocycles. The van der Waals surface area contributed by atoms with Crippen molar-refractivity contribution in [2.45, 2.75) is 0 Å². The van der Waals surface area contributed by atoms with Crippen LogP contribution in [-0.4, -0.2) is 13.6 Å². The summed E-state index contributed by atoms with van der Waals surface area (Å²) in [6.07, 6.45) is 4.34. The molecule has 0 radical (unpaired) electrons. The van der Waals surface area contributed by atoms with Crippen LogP contribution in [-0.2, 0) is 0 Å². The predicted octanol–water partition coefficient (Wildman–Crippen LogP) is 2.91. The van der Waals surface area contributed by atoms with Crippen molar-refractivity contribution in [1.29, 1.82) is 0 Å². The molecule has 0 fully saturated rings. The van der Waals surface area contributed by atoms with E-state index in [-0.39, 0.29) is 0 Å². The second-order valence-electron chi connectivity index (χ2n) is 2.99. The van der Waals surface area contributed by atoms with E-state index in [1.807, 2.05) is 0 Å². The third-order valence-corrected chi connectivity index (χ3v) is 2.57. The van der Waals surface area contributed by atoms with Crippen LogP contribution in [0.2, 0.25) is 0 Å². The number of halogens is 1. The van der Waals surface area contributed by atoms with Gasteiger partial charge in [-0.3, -0.25) is 0 Å². The monoisotopic (exact) mass is 223 g/mol. The summed E-state index contributed by atoms with van der Waals surface area (Å²) in [5.41, 5.74) is 2.60. The number of benzene rings is 1. The number of hydrogen-bond donors (Lipinski definition) is 0. The van der Waals surface area contributed by atoms with Crippen LogP contribution in [0.4, 0.5) is 5.69 Å². The first-order valence-electron chi connectivity index (χ1n) is 3.94. The van der Waals surface area contributed by atoms with E-state index >= 15 is 0 Å². The summed E-state index contributed by atoms with van der Waals surface area (Å²) in [6.45, 7) is 1.01. The van der Waals surface area contributed by atoms with Crippen LogP contribution in [0.5, 0.6) is 0 Å². The van der Waals surface area contributed by atoms with E-state index in [4.69, 9.17) is 0 Å². The number of likely N-dealkylation sites (N-methyl/N-ethyl adjacent to an activating group) is 1. The summed E-state index contributed by atoms with van der Waals surface area (Å²) in [5, 5.41) is 0. The lowest BCUT2D eigenvalue weighted by molar-refractivity contribution is 1.02. The Kier molecular flexibility index (Phi) is 1.93. The van der Waals surface area contributed by atoms with E-state index in [0.29, 0.717) is 0 Å². The molecule has 0 bridgehead atoms. The molecule has 0 saturated carbocycles. The molecule has 1 nitrogen and oxygen atoms in total. The Balaban J connectivity index is 2.55. The summed E-state index contributed by atoms with van der Waals surface area (Å²) in [4.78, 5) is 2.24. The Labute approximate surface area is 80.8 Å². The van der Waals surface area contributed by atoms with E-state index in [1.165, 1.54) is 11.3 Å². The molecule has 0 saturated heterocycles. The molecule has 2 heteroatoms. The zero-order valence-corrected chi connectivity index (χ0v) is 8.51. The highest BCUT2D eigenvalue weighted by molar-refractivity contribution is 9.10. The first-order valence-corrected chi connectivity index (χ1v) is 4.74. The highest BCUT2D eigenvalue weighted by atomic mass is 79.9. The Morgan fingerprint density at radius 3 is 3.08 bits per heavy atom. The largest absolute Gasteiger partial charge is 0.370 e. The fraction of sp³-hybridized carbons (Fsp3) is 0.200. The van der Waals surface area contributed by atoms with Gasteiger partial charge in [-0.25, -0.2) is 0 Å². The second kappa shape index (κ2) is 2.94. The zero-order chi connectivity index (χ0) is 8.55. The molecule has 0 amide bonds. The Morgan fingerprint density at radius 2 is 2.25 bits per heavy atom. The highest BCUT2D eigenvalue weighted by Crippen LogP contribution is 2.27. The molecule has 1 aliphatic heterocycles. The van der Waals surface area contributed by atoms with Crippen LogP contribution in [0, 0.1) is 0 Å². The maximum Gasteiger partial charge on any atom is 0.0440 e. The van der Waals surface area contributed by atoms with Gasteiger partial charge < -0.3 is 4.90 Å². The molecule has 12 heavy (non-hydrogen) atoms. The van der Waals surface area contributed by atoms with Gasteiger partial charge in [0.2, 0.25) is 0 Å². The van der Waals surface area contributed by atoms with Crippen LogP contribution < -0.4 is 4.90 Å². The average molecular weight is 224 g/mol. The standard InChI is InChI=1S/C10H10BrN/c1-12-6-2-3-8-7-9(11)4-5-10(8)12/h2-5,7H,6H2,1H3. The lowest BCUT2D eigenvalue weighted by Crippen LogP contribution is -2.19.